The number of hydrogen-bond donors (Lipinski definition) is 6. The Morgan fingerprint density at radius 1 is 0.509 bits per heavy atom. The molecule has 0 aliphatic heterocycles. The van der Waals surface area contributed by atoms with E-state index in [1.165, 1.54) is 57.8 Å². The molecule has 0 aromatic heterocycles. The molecule has 0 aliphatic rings. The van der Waals surface area contributed by atoms with E-state index in [0.717, 1.165) is 38.5 Å². The van der Waals surface area contributed by atoms with Crippen LogP contribution in [0.1, 0.15) is 155 Å². The van der Waals surface area contributed by atoms with Crippen molar-refractivity contribution in [2.45, 2.75) is 161 Å². The minimum absolute atomic E-state index is 0.0133. The number of Topliss-reactive ketones (excluding diaryl/α,β-unsaturated/α-hetero) is 1. The number of amides is 4. The van der Waals surface area contributed by atoms with Gasteiger partial charge in [0, 0.05) is 44.8 Å². The number of ketones is 1. The van der Waals surface area contributed by atoms with Gasteiger partial charge in [-0.1, -0.05) is 104 Å². The topological polar surface area (TPSA) is 209 Å². The van der Waals surface area contributed by atoms with Gasteiger partial charge in [-0.2, -0.15) is 0 Å². The van der Waals surface area contributed by atoms with Crippen molar-refractivity contribution in [1.82, 2.24) is 21.3 Å². The summed E-state index contributed by atoms with van der Waals surface area (Å²) in [6.45, 7) is 5.83. The first kappa shape index (κ1) is 49.7. The normalized spacial score (nSPS) is 11.6. The molecule has 0 aromatic carbocycles. The highest BCUT2D eigenvalue weighted by Crippen LogP contribution is 2.14. The summed E-state index contributed by atoms with van der Waals surface area (Å²) in [5, 5.41) is 28.9. The third-order valence-electron chi connectivity index (χ3n) is 8.84. The highest BCUT2D eigenvalue weighted by molar-refractivity contribution is 5.84. The minimum atomic E-state index is -1.16. The zero-order valence-electron chi connectivity index (χ0n) is 32.8. The fourth-order valence-electron chi connectivity index (χ4n) is 5.46. The van der Waals surface area contributed by atoms with E-state index in [0.29, 0.717) is 58.7 Å². The van der Waals surface area contributed by atoms with Crippen molar-refractivity contribution < 1.29 is 48.5 Å². The van der Waals surface area contributed by atoms with Crippen molar-refractivity contribution in [3.63, 3.8) is 0 Å². The Balaban J connectivity index is 3.67. The van der Waals surface area contributed by atoms with E-state index in [-0.39, 0.29) is 61.8 Å². The summed E-state index contributed by atoms with van der Waals surface area (Å²) in [6, 6.07) is -1.43. The largest absolute Gasteiger partial charge is 0.481 e. The lowest BCUT2D eigenvalue weighted by Crippen LogP contribution is -2.41. The number of carboxylic acid groups (broad SMARTS) is 2. The number of carbonyl (C=O) groups excluding carboxylic acids is 4. The molecule has 0 rings (SSSR count). The number of unbranched alkanes of at least 4 members (excludes halogenated alkanes) is 16. The molecule has 0 aliphatic carbocycles. The Bertz CT molecular complexity index is 995. The number of nitrogens with one attached hydrogen (secondary N) is 4. The SMILES string of the molecule is CC(C)C(=O)COCCOCCNC(=O)NCCCCNC(=O)CC[C@H](NC(=O)CCCCCCCCCCCCCCCCCCC(=O)O)C(=O)O. The molecule has 0 unspecified atom stereocenters. The second-order valence-electron chi connectivity index (χ2n) is 14.1. The van der Waals surface area contributed by atoms with Gasteiger partial charge in [0.15, 0.2) is 5.78 Å². The molecule has 0 radical (unpaired) electrons. The van der Waals surface area contributed by atoms with Crippen LogP contribution in [0.15, 0.2) is 0 Å². The number of ether oxygens (including phenoxy) is 2. The number of carboxylic acids is 2. The molecular weight excluding hydrogens is 684 g/mol. The molecule has 0 heterocycles. The lowest BCUT2D eigenvalue weighted by Gasteiger charge is -2.14. The quantitative estimate of drug-likeness (QED) is 0.0411. The fourth-order valence-corrected chi connectivity index (χ4v) is 5.46. The summed E-state index contributed by atoms with van der Waals surface area (Å²) in [5.41, 5.74) is 0. The molecule has 1 atom stereocenters. The Morgan fingerprint density at radius 2 is 0.981 bits per heavy atom. The number of urea groups is 1. The molecule has 6 N–H and O–H groups in total. The van der Waals surface area contributed by atoms with Crippen LogP contribution in [0, 0.1) is 5.92 Å². The Labute approximate surface area is 318 Å². The first-order chi connectivity index (χ1) is 25.5. The standard InChI is InChI=1S/C39H72N4O10/c1-32(2)34(44)31-53-30-29-52-28-27-42-39(51)41-26-20-19-25-40-35(45)24-23-33(38(49)50)43-36(46)21-17-15-13-11-9-7-5-3-4-6-8-10-12-14-16-18-22-37(47)48/h32-33H,3-31H2,1-2H3,(H,40,45)(H,43,46)(H,47,48)(H,49,50)(H2,41,42,51)/t33-/m0/s1. The number of rotatable bonds is 38. The molecule has 0 saturated heterocycles. The van der Waals surface area contributed by atoms with Crippen molar-refractivity contribution in [1.29, 1.82) is 0 Å². The van der Waals surface area contributed by atoms with Crippen LogP contribution in [-0.2, 0) is 33.4 Å². The van der Waals surface area contributed by atoms with E-state index in [2.05, 4.69) is 21.3 Å². The zero-order chi connectivity index (χ0) is 39.4. The monoisotopic (exact) mass is 757 g/mol. The first-order valence-corrected chi connectivity index (χ1v) is 20.2. The average molecular weight is 757 g/mol. The summed E-state index contributed by atoms with van der Waals surface area (Å²) in [5.74, 6) is -2.46. The van der Waals surface area contributed by atoms with Crippen molar-refractivity contribution in [2.24, 2.45) is 5.92 Å². The smallest absolute Gasteiger partial charge is 0.326 e. The highest BCUT2D eigenvalue weighted by Gasteiger charge is 2.20. The van der Waals surface area contributed by atoms with E-state index in [4.69, 9.17) is 14.6 Å². The third kappa shape index (κ3) is 35.5. The third-order valence-corrected chi connectivity index (χ3v) is 8.84. The second kappa shape index (κ2) is 35.8. The summed E-state index contributed by atoms with van der Waals surface area (Å²) < 4.78 is 10.6. The van der Waals surface area contributed by atoms with Crippen molar-refractivity contribution in [3.05, 3.63) is 0 Å². The van der Waals surface area contributed by atoms with Crippen LogP contribution < -0.4 is 21.3 Å². The molecule has 0 spiro atoms. The molecule has 0 saturated carbocycles. The summed E-state index contributed by atoms with van der Waals surface area (Å²) in [6.07, 6.45) is 19.8. The maximum absolute atomic E-state index is 12.3. The maximum atomic E-state index is 12.3. The molecule has 53 heavy (non-hydrogen) atoms. The van der Waals surface area contributed by atoms with Crippen LogP contribution in [-0.4, -0.2) is 97.9 Å². The van der Waals surface area contributed by atoms with E-state index in [9.17, 15) is 33.9 Å². The summed E-state index contributed by atoms with van der Waals surface area (Å²) >= 11 is 0. The predicted molar refractivity (Wildman–Crippen MR) is 205 cm³/mol. The van der Waals surface area contributed by atoms with Gasteiger partial charge in [0.05, 0.1) is 19.8 Å². The predicted octanol–water partition coefficient (Wildman–Crippen LogP) is 5.90. The lowest BCUT2D eigenvalue weighted by molar-refractivity contribution is -0.142. The average Bonchev–Trinajstić information content (AvgIpc) is 3.11. The Morgan fingerprint density at radius 3 is 1.49 bits per heavy atom. The van der Waals surface area contributed by atoms with E-state index in [1.807, 2.05) is 13.8 Å². The number of carbonyl (C=O) groups is 6. The lowest BCUT2D eigenvalue weighted by atomic mass is 10.0. The number of hydrogen-bond acceptors (Lipinski definition) is 8. The van der Waals surface area contributed by atoms with Gasteiger partial charge in [-0.25, -0.2) is 9.59 Å². The number of aliphatic carboxylic acids is 2. The van der Waals surface area contributed by atoms with Gasteiger partial charge < -0.3 is 41.0 Å². The van der Waals surface area contributed by atoms with Crippen LogP contribution in [0.25, 0.3) is 0 Å². The molecule has 0 aromatic rings. The van der Waals surface area contributed by atoms with Gasteiger partial charge in [-0.3, -0.25) is 19.2 Å². The van der Waals surface area contributed by atoms with Crippen LogP contribution in [0.2, 0.25) is 0 Å². The van der Waals surface area contributed by atoms with E-state index in [1.54, 1.807) is 0 Å². The van der Waals surface area contributed by atoms with Crippen LogP contribution in [0.3, 0.4) is 0 Å². The molecule has 308 valence electrons. The van der Waals surface area contributed by atoms with Gasteiger partial charge >= 0.3 is 18.0 Å². The van der Waals surface area contributed by atoms with Crippen LogP contribution in [0.4, 0.5) is 4.79 Å². The van der Waals surface area contributed by atoms with Gasteiger partial charge in [-0.15, -0.1) is 0 Å². The van der Waals surface area contributed by atoms with Crippen molar-refractivity contribution in [3.8, 4) is 0 Å². The maximum Gasteiger partial charge on any atom is 0.326 e. The zero-order valence-corrected chi connectivity index (χ0v) is 32.8. The van der Waals surface area contributed by atoms with Crippen molar-refractivity contribution >= 4 is 35.6 Å². The second-order valence-corrected chi connectivity index (χ2v) is 14.1. The van der Waals surface area contributed by atoms with Crippen molar-refractivity contribution in [2.75, 3.05) is 46.1 Å². The van der Waals surface area contributed by atoms with E-state index >= 15 is 0 Å². The molecule has 4 amide bonds. The fraction of sp³-hybridized carbons (Fsp3) is 0.846. The first-order valence-electron chi connectivity index (χ1n) is 20.2. The van der Waals surface area contributed by atoms with Gasteiger partial charge in [0.25, 0.3) is 0 Å². The highest BCUT2D eigenvalue weighted by atomic mass is 16.5. The summed E-state index contributed by atoms with van der Waals surface area (Å²) in [7, 11) is 0. The molecule has 0 bridgehead atoms. The summed E-state index contributed by atoms with van der Waals surface area (Å²) in [4.78, 5) is 69.9. The molecular formula is C39H72N4O10. The van der Waals surface area contributed by atoms with Gasteiger partial charge in [0.1, 0.15) is 12.6 Å². The van der Waals surface area contributed by atoms with Gasteiger partial charge in [-0.05, 0) is 32.1 Å². The minimum Gasteiger partial charge on any atom is -0.481 e. The molecule has 14 heteroatoms. The Hall–Kier alpha value is -3.26. The van der Waals surface area contributed by atoms with Gasteiger partial charge in [0.2, 0.25) is 11.8 Å². The van der Waals surface area contributed by atoms with E-state index < -0.39 is 18.0 Å². The molecule has 0 fully saturated rings. The van der Waals surface area contributed by atoms with Crippen LogP contribution >= 0.6 is 0 Å². The van der Waals surface area contributed by atoms with Crippen LogP contribution in [0.5, 0.6) is 0 Å². The Kier molecular flexibility index (Phi) is 33.6. The molecule has 14 nitrogen and oxygen atoms in total.